The molecule has 0 unspecified atom stereocenters. The monoisotopic (exact) mass is 518 g/mol. The van der Waals surface area contributed by atoms with E-state index in [1.165, 1.54) is 33.4 Å². The minimum Gasteiger partial charge on any atom is -0.0729 e. The van der Waals surface area contributed by atoms with Gasteiger partial charge in [-0.3, -0.25) is 0 Å². The molecule has 0 bridgehead atoms. The Morgan fingerprint density at radius 1 is 0.436 bits per heavy atom. The van der Waals surface area contributed by atoms with Gasteiger partial charge in [-0.2, -0.15) is 0 Å². The lowest BCUT2D eigenvalue weighted by Gasteiger charge is -2.05. The first-order valence-corrected chi connectivity index (χ1v) is 14.5. The number of hydrogen-bond donors (Lipinski definition) is 0. The van der Waals surface area contributed by atoms with Gasteiger partial charge in [0, 0.05) is 22.3 Å². The highest BCUT2D eigenvalue weighted by atomic mass is 14.0. The fourth-order valence-electron chi connectivity index (χ4n) is 3.24. The maximum atomic E-state index is 3.24. The summed E-state index contributed by atoms with van der Waals surface area (Å²) in [5.41, 5.74) is 11.1. The molecule has 0 heteroatoms. The smallest absolute Gasteiger partial charge is 0.0251 e. The molecule has 0 atom stereocenters. The molecule has 206 valence electrons. The lowest BCUT2D eigenvalue weighted by Crippen LogP contribution is -1.88. The van der Waals surface area contributed by atoms with Crippen LogP contribution in [0.3, 0.4) is 0 Å². The number of rotatable bonds is 0. The Morgan fingerprint density at radius 2 is 0.872 bits per heavy atom. The molecule has 0 fully saturated rings. The van der Waals surface area contributed by atoms with Gasteiger partial charge in [0.25, 0.3) is 0 Å². The average Bonchev–Trinajstić information content (AvgIpc) is 2.98. The van der Waals surface area contributed by atoms with Crippen molar-refractivity contribution >= 4 is 0 Å². The molecule has 0 aromatic heterocycles. The first-order valence-electron chi connectivity index (χ1n) is 14.5. The Bertz CT molecular complexity index is 1270. The fourth-order valence-corrected chi connectivity index (χ4v) is 3.24. The Hall–Kier alpha value is -3.74. The molecule has 4 rings (SSSR count). The van der Waals surface area contributed by atoms with Crippen LogP contribution >= 0.6 is 0 Å². The first kappa shape index (κ1) is 35.3. The topological polar surface area (TPSA) is 0 Å². The van der Waals surface area contributed by atoms with Crippen molar-refractivity contribution < 1.29 is 0 Å². The van der Waals surface area contributed by atoms with Gasteiger partial charge in [0.1, 0.15) is 0 Å². The second-order valence-corrected chi connectivity index (χ2v) is 8.74. The summed E-state index contributed by atoms with van der Waals surface area (Å²) in [6, 6.07) is 23.0. The highest BCUT2D eigenvalue weighted by Gasteiger charge is 1.99. The summed E-state index contributed by atoms with van der Waals surface area (Å²) >= 11 is 0. The average molecular weight is 519 g/mol. The molecule has 3 aromatic rings. The van der Waals surface area contributed by atoms with E-state index in [4.69, 9.17) is 0 Å². The minimum absolute atomic E-state index is 1.06. The van der Waals surface area contributed by atoms with Gasteiger partial charge in [0.05, 0.1) is 0 Å². The molecule has 0 radical (unpaired) electrons. The Balaban J connectivity index is 0.000000623. The van der Waals surface area contributed by atoms with E-state index in [-0.39, 0.29) is 0 Å². The number of allylic oxidation sites excluding steroid dienone is 4. The van der Waals surface area contributed by atoms with Gasteiger partial charge in [0.2, 0.25) is 0 Å². The molecule has 0 aliphatic heterocycles. The van der Waals surface area contributed by atoms with Gasteiger partial charge < -0.3 is 0 Å². The molecule has 0 spiro atoms. The highest BCUT2D eigenvalue weighted by Crippen LogP contribution is 2.17. The Kier molecular flexibility index (Phi) is 19.2. The van der Waals surface area contributed by atoms with Crippen molar-refractivity contribution in [3.05, 3.63) is 129 Å². The van der Waals surface area contributed by atoms with Crippen molar-refractivity contribution in [1.29, 1.82) is 0 Å². The van der Waals surface area contributed by atoms with Crippen LogP contribution in [0.5, 0.6) is 0 Å². The summed E-state index contributed by atoms with van der Waals surface area (Å²) in [7, 11) is 0. The molecule has 0 N–H and O–H groups in total. The van der Waals surface area contributed by atoms with Crippen LogP contribution in [0.4, 0.5) is 0 Å². The van der Waals surface area contributed by atoms with E-state index in [2.05, 4.69) is 137 Å². The molecule has 1 aliphatic carbocycles. The Labute approximate surface area is 241 Å². The van der Waals surface area contributed by atoms with E-state index < -0.39 is 0 Å². The van der Waals surface area contributed by atoms with Crippen molar-refractivity contribution in [2.45, 2.75) is 89.0 Å². The number of hydrogen-bond acceptors (Lipinski definition) is 0. The van der Waals surface area contributed by atoms with E-state index in [0.717, 1.165) is 29.5 Å². The summed E-state index contributed by atoms with van der Waals surface area (Å²) in [5, 5.41) is 0. The predicted octanol–water partition coefficient (Wildman–Crippen LogP) is 11.1. The van der Waals surface area contributed by atoms with E-state index in [1.807, 2.05) is 41.5 Å². The highest BCUT2D eigenvalue weighted by molar-refractivity contribution is 5.46. The van der Waals surface area contributed by atoms with Crippen LogP contribution < -0.4 is 0 Å². The molecule has 0 nitrogen and oxygen atoms in total. The Morgan fingerprint density at radius 3 is 1.31 bits per heavy atom. The quantitative estimate of drug-likeness (QED) is 0.260. The van der Waals surface area contributed by atoms with Crippen LogP contribution in [0.1, 0.15) is 100 Å². The number of aryl methyl sites for hydroxylation is 4. The maximum absolute atomic E-state index is 3.24. The summed E-state index contributed by atoms with van der Waals surface area (Å²) in [4.78, 5) is 0. The fraction of sp³-hybridized carbons (Fsp3) is 0.333. The zero-order valence-electron chi connectivity index (χ0n) is 26.4. The van der Waals surface area contributed by atoms with E-state index >= 15 is 0 Å². The molecular formula is C39H50. The van der Waals surface area contributed by atoms with Crippen LogP contribution in [0.2, 0.25) is 0 Å². The lowest BCUT2D eigenvalue weighted by molar-refractivity contribution is 0.934. The molecule has 0 saturated heterocycles. The van der Waals surface area contributed by atoms with Gasteiger partial charge in [-0.05, 0) is 95.0 Å². The number of benzene rings is 3. The van der Waals surface area contributed by atoms with Crippen LogP contribution in [0, 0.1) is 51.4 Å². The van der Waals surface area contributed by atoms with Crippen LogP contribution in [0.25, 0.3) is 0 Å². The third-order valence-electron chi connectivity index (χ3n) is 5.69. The lowest BCUT2D eigenvalue weighted by atomic mass is 10.00. The van der Waals surface area contributed by atoms with Gasteiger partial charge in [0.15, 0.2) is 0 Å². The molecule has 0 amide bonds. The van der Waals surface area contributed by atoms with Gasteiger partial charge in [-0.15, -0.1) is 0 Å². The molecule has 3 aromatic carbocycles. The third kappa shape index (κ3) is 14.7. The van der Waals surface area contributed by atoms with Crippen molar-refractivity contribution in [1.82, 2.24) is 0 Å². The summed E-state index contributed by atoms with van der Waals surface area (Å²) < 4.78 is 0. The second kappa shape index (κ2) is 21.2. The summed E-state index contributed by atoms with van der Waals surface area (Å²) in [6.07, 6.45) is 6.54. The van der Waals surface area contributed by atoms with Gasteiger partial charge >= 0.3 is 0 Å². The van der Waals surface area contributed by atoms with Crippen molar-refractivity contribution in [3.8, 4) is 23.7 Å². The molecule has 0 heterocycles. The summed E-state index contributed by atoms with van der Waals surface area (Å²) in [6.45, 7) is 22.6. The normalized spacial score (nSPS) is 10.6. The SMILES string of the molecule is CC.CC.CC.CC1=CC=C(C#Cc2ccc(C)cc2)CC1.Cc1ccc(C#Cc2ccc(C)c(C)c2)cc1. The van der Waals surface area contributed by atoms with E-state index in [0.29, 0.717) is 0 Å². The van der Waals surface area contributed by atoms with E-state index in [1.54, 1.807) is 0 Å². The molecule has 0 saturated carbocycles. The zero-order valence-corrected chi connectivity index (χ0v) is 26.4. The third-order valence-corrected chi connectivity index (χ3v) is 5.69. The van der Waals surface area contributed by atoms with E-state index in [9.17, 15) is 0 Å². The van der Waals surface area contributed by atoms with Crippen molar-refractivity contribution in [3.63, 3.8) is 0 Å². The second-order valence-electron chi connectivity index (χ2n) is 8.74. The standard InChI is InChI=1S/C17H16.C16H16.3C2H6/c1-13-4-7-16(8-5-13)10-11-17-9-6-14(2)15(3)12-17;1-13-3-7-15(8-4-13)11-12-16-9-5-14(2)6-10-16;3*1-2/h4-9,12H,1-3H3;3-5,7-9H,6,10H2,1-2H3;3*1-2H3. The maximum Gasteiger partial charge on any atom is 0.0251 e. The van der Waals surface area contributed by atoms with Crippen molar-refractivity contribution in [2.75, 3.05) is 0 Å². The van der Waals surface area contributed by atoms with Crippen LogP contribution in [-0.2, 0) is 0 Å². The summed E-state index contributed by atoms with van der Waals surface area (Å²) in [5.74, 6) is 12.8. The molecule has 1 aliphatic rings. The molecule has 39 heavy (non-hydrogen) atoms. The zero-order chi connectivity index (χ0) is 29.6. The van der Waals surface area contributed by atoms with Crippen LogP contribution in [0.15, 0.2) is 90.0 Å². The van der Waals surface area contributed by atoms with Gasteiger partial charge in [-0.25, -0.2) is 0 Å². The largest absolute Gasteiger partial charge is 0.0729 e. The predicted molar refractivity (Wildman–Crippen MR) is 176 cm³/mol. The minimum atomic E-state index is 1.06. The van der Waals surface area contributed by atoms with Crippen molar-refractivity contribution in [2.24, 2.45) is 0 Å². The molecular weight excluding hydrogens is 468 g/mol. The van der Waals surface area contributed by atoms with Crippen LogP contribution in [-0.4, -0.2) is 0 Å². The first-order chi connectivity index (χ1) is 18.9. The van der Waals surface area contributed by atoms with Gasteiger partial charge in [-0.1, -0.05) is 124 Å².